The van der Waals surface area contributed by atoms with Crippen LogP contribution in [0.3, 0.4) is 0 Å². The molecule has 5 nitrogen and oxygen atoms in total. The van der Waals surface area contributed by atoms with Gasteiger partial charge in [0.15, 0.2) is 0 Å². The largest absolute Gasteiger partial charge is 0.375 e. The Morgan fingerprint density at radius 2 is 2.28 bits per heavy atom. The summed E-state index contributed by atoms with van der Waals surface area (Å²) < 4.78 is 0. The van der Waals surface area contributed by atoms with E-state index in [9.17, 15) is 10.1 Å². The van der Waals surface area contributed by atoms with E-state index in [1.165, 1.54) is 6.07 Å². The van der Waals surface area contributed by atoms with E-state index in [1.54, 1.807) is 12.1 Å². The average molecular weight is 270 g/mol. The summed E-state index contributed by atoms with van der Waals surface area (Å²) in [6.45, 7) is 1.83. The minimum atomic E-state index is -0.436. The van der Waals surface area contributed by atoms with Crippen LogP contribution in [0.5, 0.6) is 0 Å². The van der Waals surface area contributed by atoms with E-state index in [0.29, 0.717) is 5.69 Å². The molecule has 0 aromatic heterocycles. The number of rotatable bonds is 3. The highest BCUT2D eigenvalue weighted by Gasteiger charge is 2.21. The van der Waals surface area contributed by atoms with Crippen molar-refractivity contribution in [2.75, 3.05) is 18.4 Å². The zero-order chi connectivity index (χ0) is 13.0. The highest BCUT2D eigenvalue weighted by atomic mass is 35.5. The maximum Gasteiger partial charge on any atom is 0.310 e. The van der Waals surface area contributed by atoms with Gasteiger partial charge in [-0.1, -0.05) is 24.1 Å². The van der Waals surface area contributed by atoms with Gasteiger partial charge in [-0.3, -0.25) is 10.1 Å². The summed E-state index contributed by atoms with van der Waals surface area (Å²) >= 11 is 5.88. The monoisotopic (exact) mass is 269 g/mol. The molecule has 1 aliphatic rings. The number of hydrogen-bond acceptors (Lipinski definition) is 4. The first kappa shape index (κ1) is 13.1. The van der Waals surface area contributed by atoms with E-state index in [4.69, 9.17) is 11.6 Å². The van der Waals surface area contributed by atoms with Crippen molar-refractivity contribution in [1.82, 2.24) is 5.32 Å². The van der Waals surface area contributed by atoms with Gasteiger partial charge >= 0.3 is 5.69 Å². The summed E-state index contributed by atoms with van der Waals surface area (Å²) in [5.74, 6) is 0. The lowest BCUT2D eigenvalue weighted by molar-refractivity contribution is -0.383. The zero-order valence-electron chi connectivity index (χ0n) is 9.99. The van der Waals surface area contributed by atoms with E-state index < -0.39 is 4.92 Å². The lowest BCUT2D eigenvalue weighted by atomic mass is 10.1. The molecule has 1 aromatic carbocycles. The van der Waals surface area contributed by atoms with Crippen LogP contribution in [-0.2, 0) is 0 Å². The minimum Gasteiger partial charge on any atom is -0.375 e. The number of nitro groups is 1. The second kappa shape index (κ2) is 6.02. The maximum atomic E-state index is 11.0. The molecule has 1 atom stereocenters. The average Bonchev–Trinajstić information content (AvgIpc) is 2.57. The topological polar surface area (TPSA) is 67.2 Å². The van der Waals surface area contributed by atoms with Gasteiger partial charge in [-0.05, 0) is 31.5 Å². The number of anilines is 1. The van der Waals surface area contributed by atoms with Crippen molar-refractivity contribution in [3.63, 3.8) is 0 Å². The van der Waals surface area contributed by atoms with Crippen molar-refractivity contribution in [3.8, 4) is 0 Å². The first-order valence-electron chi connectivity index (χ1n) is 6.08. The highest BCUT2D eigenvalue weighted by molar-refractivity contribution is 6.33. The Morgan fingerprint density at radius 3 is 3.06 bits per heavy atom. The summed E-state index contributed by atoms with van der Waals surface area (Å²) in [5.41, 5.74) is 0.463. The van der Waals surface area contributed by atoms with Gasteiger partial charge in [0.2, 0.25) is 0 Å². The normalized spacial score (nSPS) is 20.2. The van der Waals surface area contributed by atoms with Gasteiger partial charge < -0.3 is 10.6 Å². The Labute approximate surface area is 111 Å². The van der Waals surface area contributed by atoms with Gasteiger partial charge in [0, 0.05) is 12.6 Å². The molecule has 18 heavy (non-hydrogen) atoms. The Bertz CT molecular complexity index is 431. The second-order valence-corrected chi connectivity index (χ2v) is 4.84. The van der Waals surface area contributed by atoms with Crippen LogP contribution in [0, 0.1) is 10.1 Å². The Morgan fingerprint density at radius 1 is 1.44 bits per heavy atom. The molecule has 1 fully saturated rings. The van der Waals surface area contributed by atoms with Gasteiger partial charge in [-0.2, -0.15) is 0 Å². The van der Waals surface area contributed by atoms with E-state index in [1.807, 2.05) is 0 Å². The summed E-state index contributed by atoms with van der Waals surface area (Å²) in [4.78, 5) is 10.6. The molecule has 1 saturated heterocycles. The van der Waals surface area contributed by atoms with Crippen LogP contribution < -0.4 is 10.6 Å². The molecule has 1 heterocycles. The summed E-state index contributed by atoms with van der Waals surface area (Å²) in [6, 6.07) is 5.18. The molecule has 1 aromatic rings. The van der Waals surface area contributed by atoms with Crippen LogP contribution in [0.1, 0.15) is 19.3 Å². The smallest absolute Gasteiger partial charge is 0.310 e. The van der Waals surface area contributed by atoms with Crippen molar-refractivity contribution in [1.29, 1.82) is 0 Å². The molecular weight excluding hydrogens is 254 g/mol. The molecular formula is C12H16ClN3O2. The van der Waals surface area contributed by atoms with Crippen LogP contribution in [0.2, 0.25) is 5.02 Å². The summed E-state index contributed by atoms with van der Waals surface area (Å²) in [5, 5.41) is 17.7. The van der Waals surface area contributed by atoms with Crippen molar-refractivity contribution in [3.05, 3.63) is 33.3 Å². The van der Waals surface area contributed by atoms with Crippen molar-refractivity contribution < 1.29 is 4.92 Å². The number of benzene rings is 1. The Hall–Kier alpha value is -1.33. The number of nitrogens with zero attached hydrogens (tertiary/aromatic N) is 1. The molecule has 6 heteroatoms. The lowest BCUT2D eigenvalue weighted by Crippen LogP contribution is -2.31. The van der Waals surface area contributed by atoms with E-state index in [2.05, 4.69) is 10.6 Å². The highest BCUT2D eigenvalue weighted by Crippen LogP contribution is 2.33. The first-order valence-corrected chi connectivity index (χ1v) is 6.46. The Balaban J connectivity index is 2.17. The molecule has 1 unspecified atom stereocenters. The van der Waals surface area contributed by atoms with Gasteiger partial charge in [-0.15, -0.1) is 0 Å². The second-order valence-electron chi connectivity index (χ2n) is 4.43. The molecule has 98 valence electrons. The maximum absolute atomic E-state index is 11.0. The van der Waals surface area contributed by atoms with Crippen LogP contribution >= 0.6 is 11.6 Å². The Kier molecular flexibility index (Phi) is 4.38. The van der Waals surface area contributed by atoms with Crippen molar-refractivity contribution >= 4 is 23.0 Å². The van der Waals surface area contributed by atoms with Gasteiger partial charge in [0.25, 0.3) is 0 Å². The fraction of sp³-hybridized carbons (Fsp3) is 0.500. The standard InChI is InChI=1S/C12H16ClN3O2/c13-10-5-3-6-11(12(10)16(17)18)15-9-4-1-2-7-14-8-9/h3,5-6,9,14-15H,1-2,4,7-8H2. The fourth-order valence-electron chi connectivity index (χ4n) is 2.18. The lowest BCUT2D eigenvalue weighted by Gasteiger charge is -2.17. The summed E-state index contributed by atoms with van der Waals surface area (Å²) in [6.07, 6.45) is 3.28. The summed E-state index contributed by atoms with van der Waals surface area (Å²) in [7, 11) is 0. The van der Waals surface area contributed by atoms with Gasteiger partial charge in [-0.25, -0.2) is 0 Å². The molecule has 2 N–H and O–H groups in total. The SMILES string of the molecule is O=[N+]([O-])c1c(Cl)cccc1NC1CCCCNC1. The van der Waals surface area contributed by atoms with Crippen molar-refractivity contribution in [2.24, 2.45) is 0 Å². The third-order valence-corrected chi connectivity index (χ3v) is 3.38. The first-order chi connectivity index (χ1) is 8.68. The van der Waals surface area contributed by atoms with E-state index in [0.717, 1.165) is 32.4 Å². The predicted molar refractivity (Wildman–Crippen MR) is 72.2 cm³/mol. The van der Waals surface area contributed by atoms with E-state index >= 15 is 0 Å². The predicted octanol–water partition coefficient (Wildman–Crippen LogP) is 2.80. The van der Waals surface area contributed by atoms with Crippen LogP contribution in [0.4, 0.5) is 11.4 Å². The molecule has 0 aliphatic carbocycles. The third kappa shape index (κ3) is 3.11. The number of halogens is 1. The quantitative estimate of drug-likeness (QED) is 0.654. The molecule has 0 radical (unpaired) electrons. The van der Waals surface area contributed by atoms with Crippen molar-refractivity contribution in [2.45, 2.75) is 25.3 Å². The number of hydrogen-bond donors (Lipinski definition) is 2. The fourth-order valence-corrected chi connectivity index (χ4v) is 2.42. The van der Waals surface area contributed by atoms with Crippen LogP contribution in [0.15, 0.2) is 18.2 Å². The molecule has 0 spiro atoms. The molecule has 2 rings (SSSR count). The molecule has 0 bridgehead atoms. The molecule has 0 amide bonds. The van der Waals surface area contributed by atoms with Crippen LogP contribution in [0.25, 0.3) is 0 Å². The van der Waals surface area contributed by atoms with Gasteiger partial charge in [0.05, 0.1) is 4.92 Å². The minimum absolute atomic E-state index is 0.0385. The third-order valence-electron chi connectivity index (χ3n) is 3.08. The van der Waals surface area contributed by atoms with Gasteiger partial charge in [0.1, 0.15) is 10.7 Å². The number of nitro benzene ring substituents is 1. The number of nitrogens with one attached hydrogen (secondary N) is 2. The molecule has 0 saturated carbocycles. The number of para-hydroxylation sites is 1. The van der Waals surface area contributed by atoms with Crippen LogP contribution in [-0.4, -0.2) is 24.1 Å². The zero-order valence-corrected chi connectivity index (χ0v) is 10.7. The molecule has 1 aliphatic heterocycles. The van der Waals surface area contributed by atoms with E-state index in [-0.39, 0.29) is 16.8 Å².